The van der Waals surface area contributed by atoms with E-state index in [1.54, 1.807) is 24.6 Å². The first-order valence-corrected chi connectivity index (χ1v) is 12.3. The molecule has 1 aliphatic rings. The van der Waals surface area contributed by atoms with E-state index in [1.165, 1.54) is 0 Å². The smallest absolute Gasteiger partial charge is 0.408 e. The van der Waals surface area contributed by atoms with Gasteiger partial charge in [-0.05, 0) is 44.0 Å². The largest absolute Gasteiger partial charge is 0.481 e. The number of carbonyl (C=O) groups is 2. The number of carboxylic acids is 1. The van der Waals surface area contributed by atoms with Gasteiger partial charge >= 0.3 is 12.1 Å². The van der Waals surface area contributed by atoms with Crippen LogP contribution in [0, 0.1) is 18.8 Å². The van der Waals surface area contributed by atoms with Crippen LogP contribution in [0.5, 0.6) is 0 Å². The molecule has 4 unspecified atom stereocenters. The van der Waals surface area contributed by atoms with Crippen LogP contribution in [-0.4, -0.2) is 33.1 Å². The minimum atomic E-state index is -0.775. The van der Waals surface area contributed by atoms with E-state index in [-0.39, 0.29) is 24.5 Å². The normalized spacial score (nSPS) is 18.3. The highest BCUT2D eigenvalue weighted by atomic mass is 35.5. The van der Waals surface area contributed by atoms with Crippen LogP contribution in [0.2, 0.25) is 5.02 Å². The highest BCUT2D eigenvalue weighted by Gasteiger charge is 2.44. The van der Waals surface area contributed by atoms with Gasteiger partial charge in [0, 0.05) is 34.8 Å². The van der Waals surface area contributed by atoms with Crippen LogP contribution in [0.4, 0.5) is 4.79 Å². The summed E-state index contributed by atoms with van der Waals surface area (Å²) in [5.74, 6) is -1.06. The Labute approximate surface area is 215 Å². The Balaban J connectivity index is 1.28. The van der Waals surface area contributed by atoms with Crippen LogP contribution in [0.25, 0.3) is 5.69 Å². The standard InChI is InChI=1S/C27H30ClN3O5/c1-16(26(32)33)23-12-25(23)35-15-19-8-10-21(11-9-19)31-14-20(17(2)30-31)13-29-27(34)36-18(3)22-6-4-5-7-24(22)28/h4-11,14,16,18,23,25H,12-13,15H2,1-3H3,(H,29,34)(H,32,33). The number of nitrogens with zero attached hydrogens (tertiary/aromatic N) is 2. The van der Waals surface area contributed by atoms with Gasteiger partial charge in [0.25, 0.3) is 0 Å². The van der Waals surface area contributed by atoms with Crippen molar-refractivity contribution >= 4 is 23.7 Å². The molecular weight excluding hydrogens is 482 g/mol. The van der Waals surface area contributed by atoms with E-state index in [2.05, 4.69) is 10.4 Å². The molecule has 9 heteroatoms. The molecule has 0 radical (unpaired) electrons. The van der Waals surface area contributed by atoms with Crippen molar-refractivity contribution in [2.75, 3.05) is 0 Å². The van der Waals surface area contributed by atoms with Gasteiger partial charge in [-0.1, -0.05) is 48.9 Å². The van der Waals surface area contributed by atoms with Crippen molar-refractivity contribution in [3.8, 4) is 5.69 Å². The molecule has 36 heavy (non-hydrogen) atoms. The monoisotopic (exact) mass is 511 g/mol. The third-order valence-electron chi connectivity index (χ3n) is 6.53. The zero-order valence-corrected chi connectivity index (χ0v) is 21.2. The van der Waals surface area contributed by atoms with Crippen LogP contribution >= 0.6 is 11.6 Å². The molecule has 8 nitrogen and oxygen atoms in total. The summed E-state index contributed by atoms with van der Waals surface area (Å²) in [6.45, 7) is 6.11. The maximum Gasteiger partial charge on any atom is 0.408 e. The van der Waals surface area contributed by atoms with Gasteiger partial charge in [-0.3, -0.25) is 4.79 Å². The maximum atomic E-state index is 12.3. The molecular formula is C27H30ClN3O5. The van der Waals surface area contributed by atoms with E-state index in [4.69, 9.17) is 26.2 Å². The van der Waals surface area contributed by atoms with Gasteiger partial charge in [0.05, 0.1) is 30.0 Å². The van der Waals surface area contributed by atoms with E-state index in [0.29, 0.717) is 11.6 Å². The summed E-state index contributed by atoms with van der Waals surface area (Å²) in [4.78, 5) is 23.4. The Morgan fingerprint density at radius 3 is 2.61 bits per heavy atom. The average molecular weight is 512 g/mol. The minimum absolute atomic E-state index is 0.0129. The third-order valence-corrected chi connectivity index (χ3v) is 6.87. The summed E-state index contributed by atoms with van der Waals surface area (Å²) >= 11 is 6.18. The topological polar surface area (TPSA) is 103 Å². The Bertz CT molecular complexity index is 1230. The third kappa shape index (κ3) is 6.25. The van der Waals surface area contributed by atoms with Crippen LogP contribution in [0.3, 0.4) is 0 Å². The van der Waals surface area contributed by atoms with Gasteiger partial charge < -0.3 is 19.9 Å². The number of hydrogen-bond acceptors (Lipinski definition) is 5. The first kappa shape index (κ1) is 25.7. The van der Waals surface area contributed by atoms with Crippen LogP contribution < -0.4 is 5.32 Å². The Morgan fingerprint density at radius 2 is 1.92 bits per heavy atom. The lowest BCUT2D eigenvalue weighted by Crippen LogP contribution is -2.25. The SMILES string of the molecule is Cc1nn(-c2ccc(COC3CC3C(C)C(=O)O)cc2)cc1CNC(=O)OC(C)c1ccccc1Cl. The maximum absolute atomic E-state index is 12.3. The van der Waals surface area contributed by atoms with Crippen molar-refractivity contribution in [1.29, 1.82) is 0 Å². The van der Waals surface area contributed by atoms with E-state index in [1.807, 2.05) is 55.6 Å². The second kappa shape index (κ2) is 11.1. The van der Waals surface area contributed by atoms with E-state index < -0.39 is 18.2 Å². The molecule has 1 fully saturated rings. The van der Waals surface area contributed by atoms with E-state index in [9.17, 15) is 9.59 Å². The highest BCUT2D eigenvalue weighted by molar-refractivity contribution is 6.31. The predicted molar refractivity (Wildman–Crippen MR) is 135 cm³/mol. The van der Waals surface area contributed by atoms with Gasteiger partial charge in [-0.25, -0.2) is 9.48 Å². The van der Waals surface area contributed by atoms with Gasteiger partial charge in [-0.15, -0.1) is 0 Å². The molecule has 4 atom stereocenters. The zero-order chi connectivity index (χ0) is 25.8. The summed E-state index contributed by atoms with van der Waals surface area (Å²) in [5.41, 5.74) is 4.31. The van der Waals surface area contributed by atoms with Crippen molar-refractivity contribution in [3.05, 3.63) is 82.1 Å². The van der Waals surface area contributed by atoms with Crippen LogP contribution in [-0.2, 0) is 27.4 Å². The number of aliphatic carboxylic acids is 1. The number of halogens is 1. The van der Waals surface area contributed by atoms with Crippen molar-refractivity contribution in [2.24, 2.45) is 11.8 Å². The highest BCUT2D eigenvalue weighted by Crippen LogP contribution is 2.40. The summed E-state index contributed by atoms with van der Waals surface area (Å²) in [7, 11) is 0. The molecule has 0 aliphatic heterocycles. The molecule has 1 heterocycles. The van der Waals surface area contributed by atoms with Gasteiger partial charge in [-0.2, -0.15) is 5.10 Å². The first-order valence-electron chi connectivity index (χ1n) is 11.9. The summed E-state index contributed by atoms with van der Waals surface area (Å²) < 4.78 is 13.1. The molecule has 0 saturated heterocycles. The number of rotatable bonds is 10. The second-order valence-electron chi connectivity index (χ2n) is 9.15. The van der Waals surface area contributed by atoms with Crippen LogP contribution in [0.15, 0.2) is 54.7 Å². The van der Waals surface area contributed by atoms with Crippen molar-refractivity contribution in [2.45, 2.75) is 52.6 Å². The lowest BCUT2D eigenvalue weighted by Gasteiger charge is -2.15. The molecule has 1 amide bonds. The summed E-state index contributed by atoms with van der Waals surface area (Å²) in [5, 5.41) is 17.0. The average Bonchev–Trinajstić information content (AvgIpc) is 3.54. The molecule has 0 bridgehead atoms. The Morgan fingerprint density at radius 1 is 1.19 bits per heavy atom. The fourth-order valence-corrected chi connectivity index (χ4v) is 4.37. The number of carboxylic acid groups (broad SMARTS) is 1. The van der Waals surface area contributed by atoms with Crippen molar-refractivity contribution < 1.29 is 24.2 Å². The molecule has 3 aromatic rings. The molecule has 0 spiro atoms. The molecule has 190 valence electrons. The fraction of sp³-hybridized carbons (Fsp3) is 0.370. The Hall–Kier alpha value is -3.36. The number of carbonyl (C=O) groups excluding carboxylic acids is 1. The molecule has 1 saturated carbocycles. The molecule has 2 aromatic carbocycles. The fourth-order valence-electron chi connectivity index (χ4n) is 4.08. The molecule has 1 aliphatic carbocycles. The number of benzene rings is 2. The lowest BCUT2D eigenvalue weighted by molar-refractivity contribution is -0.142. The Kier molecular flexibility index (Phi) is 7.96. The number of nitrogens with one attached hydrogen (secondary N) is 1. The number of amides is 1. The summed E-state index contributed by atoms with van der Waals surface area (Å²) in [6.07, 6.45) is 1.67. The number of aromatic nitrogens is 2. The van der Waals surface area contributed by atoms with Crippen LogP contribution in [0.1, 0.15) is 48.8 Å². The number of aryl methyl sites for hydroxylation is 1. The quantitative estimate of drug-likeness (QED) is 0.375. The van der Waals surface area contributed by atoms with E-state index >= 15 is 0 Å². The van der Waals surface area contributed by atoms with Crippen molar-refractivity contribution in [3.63, 3.8) is 0 Å². The predicted octanol–water partition coefficient (Wildman–Crippen LogP) is 5.45. The second-order valence-corrected chi connectivity index (χ2v) is 9.56. The number of ether oxygens (including phenoxy) is 2. The molecule has 4 rings (SSSR count). The minimum Gasteiger partial charge on any atom is -0.481 e. The number of hydrogen-bond donors (Lipinski definition) is 2. The molecule has 1 aromatic heterocycles. The lowest BCUT2D eigenvalue weighted by atomic mass is 10.1. The zero-order valence-electron chi connectivity index (χ0n) is 20.5. The van der Waals surface area contributed by atoms with Gasteiger partial charge in [0.2, 0.25) is 0 Å². The van der Waals surface area contributed by atoms with Gasteiger partial charge in [0.15, 0.2) is 0 Å². The number of alkyl carbamates (subject to hydrolysis) is 1. The van der Waals surface area contributed by atoms with Crippen molar-refractivity contribution in [1.82, 2.24) is 15.1 Å². The first-order chi connectivity index (χ1) is 17.2. The summed E-state index contributed by atoms with van der Waals surface area (Å²) in [6, 6.07) is 15.1. The van der Waals surface area contributed by atoms with E-state index in [0.717, 1.165) is 34.5 Å². The van der Waals surface area contributed by atoms with Gasteiger partial charge in [0.1, 0.15) is 6.10 Å². The molecule has 2 N–H and O–H groups in total.